The zero-order valence-corrected chi connectivity index (χ0v) is 10.7. The molecule has 2 N–H and O–H groups in total. The van der Waals surface area contributed by atoms with Crippen LogP contribution in [0.15, 0.2) is 0 Å². The molecule has 1 saturated heterocycles. The Morgan fingerprint density at radius 1 is 1.56 bits per heavy atom. The van der Waals surface area contributed by atoms with E-state index in [2.05, 4.69) is 0 Å². The Kier molecular flexibility index (Phi) is 5.30. The number of nitrogens with one attached hydrogen (secondary N) is 1. The molecule has 0 aromatic carbocycles. The first-order valence-electron chi connectivity index (χ1n) is 5.48. The summed E-state index contributed by atoms with van der Waals surface area (Å²) < 4.78 is 42.7. The van der Waals surface area contributed by atoms with E-state index in [0.29, 0.717) is 18.8 Å². The van der Waals surface area contributed by atoms with Crippen molar-refractivity contribution in [2.24, 2.45) is 5.92 Å². The van der Waals surface area contributed by atoms with E-state index in [9.17, 15) is 23.1 Å². The fourth-order valence-electron chi connectivity index (χ4n) is 2.14. The molecule has 1 aliphatic rings. The van der Waals surface area contributed by atoms with E-state index in [1.54, 1.807) is 6.26 Å². The van der Waals surface area contributed by atoms with Gasteiger partial charge in [0.2, 0.25) is 0 Å². The molecule has 1 heterocycles. The van der Waals surface area contributed by atoms with Gasteiger partial charge in [0.1, 0.15) is 5.54 Å². The average molecular weight is 287 g/mol. The first kappa shape index (κ1) is 15.6. The lowest BCUT2D eigenvalue weighted by molar-refractivity contribution is -0.193. The van der Waals surface area contributed by atoms with Gasteiger partial charge in [-0.3, -0.25) is 4.79 Å². The Balaban J connectivity index is 2.96. The second-order valence-corrected chi connectivity index (χ2v) is 5.19. The average Bonchev–Trinajstić information content (AvgIpc) is 2.75. The highest BCUT2D eigenvalue weighted by atomic mass is 32.2. The highest BCUT2D eigenvalue weighted by Crippen LogP contribution is 2.33. The Hall–Kier alpha value is -0.470. The number of halogens is 3. The molecule has 0 radical (unpaired) electrons. The number of carboxylic acids is 1. The maximum absolute atomic E-state index is 12.6. The molecular formula is C10H16F3NO3S. The fraction of sp³-hybridized carbons (Fsp3) is 0.900. The van der Waals surface area contributed by atoms with Crippen LogP contribution in [-0.2, 0) is 9.53 Å². The molecule has 8 heteroatoms. The van der Waals surface area contributed by atoms with E-state index < -0.39 is 23.7 Å². The SMILES string of the molecule is CSCC[C@](NC(F)(F)F)(C(=O)O)C1CCOC1. The van der Waals surface area contributed by atoms with Crippen molar-refractivity contribution in [3.63, 3.8) is 0 Å². The van der Waals surface area contributed by atoms with Crippen molar-refractivity contribution in [1.29, 1.82) is 0 Å². The van der Waals surface area contributed by atoms with Crippen LogP contribution in [0.1, 0.15) is 12.8 Å². The van der Waals surface area contributed by atoms with Crippen LogP contribution in [0.5, 0.6) is 0 Å². The van der Waals surface area contributed by atoms with Crippen molar-refractivity contribution in [3.8, 4) is 0 Å². The molecule has 0 amide bonds. The van der Waals surface area contributed by atoms with Gasteiger partial charge in [-0.2, -0.15) is 24.9 Å². The van der Waals surface area contributed by atoms with E-state index in [1.807, 2.05) is 0 Å². The van der Waals surface area contributed by atoms with Crippen molar-refractivity contribution in [2.75, 3.05) is 25.2 Å². The molecule has 2 atom stereocenters. The summed E-state index contributed by atoms with van der Waals surface area (Å²) in [4.78, 5) is 11.4. The minimum atomic E-state index is -4.72. The number of alkyl halides is 3. The van der Waals surface area contributed by atoms with Gasteiger partial charge in [0.05, 0.1) is 6.61 Å². The first-order valence-corrected chi connectivity index (χ1v) is 6.87. The predicted octanol–water partition coefficient (Wildman–Crippen LogP) is 1.71. The Morgan fingerprint density at radius 2 is 2.22 bits per heavy atom. The van der Waals surface area contributed by atoms with Gasteiger partial charge in [-0.05, 0) is 24.9 Å². The van der Waals surface area contributed by atoms with Crippen LogP contribution in [-0.4, -0.2) is 48.1 Å². The van der Waals surface area contributed by atoms with Crippen molar-refractivity contribution in [3.05, 3.63) is 0 Å². The number of aliphatic carboxylic acids is 1. The third kappa shape index (κ3) is 3.76. The molecule has 0 aromatic heterocycles. The van der Waals surface area contributed by atoms with Gasteiger partial charge >= 0.3 is 12.3 Å². The van der Waals surface area contributed by atoms with Crippen LogP contribution < -0.4 is 5.32 Å². The number of carbonyl (C=O) groups is 1. The maximum atomic E-state index is 12.6. The lowest BCUT2D eigenvalue weighted by Gasteiger charge is -2.36. The van der Waals surface area contributed by atoms with Crippen molar-refractivity contribution >= 4 is 17.7 Å². The van der Waals surface area contributed by atoms with Gasteiger partial charge in [-0.25, -0.2) is 5.32 Å². The topological polar surface area (TPSA) is 58.6 Å². The summed E-state index contributed by atoms with van der Waals surface area (Å²) in [6, 6.07) is 0. The van der Waals surface area contributed by atoms with E-state index in [1.165, 1.54) is 17.1 Å². The molecule has 1 rings (SSSR count). The number of ether oxygens (including phenoxy) is 1. The number of carboxylic acid groups (broad SMARTS) is 1. The minimum Gasteiger partial charge on any atom is -0.480 e. The van der Waals surface area contributed by atoms with Crippen LogP contribution in [0.4, 0.5) is 13.2 Å². The molecular weight excluding hydrogens is 271 g/mol. The van der Waals surface area contributed by atoms with E-state index in [0.717, 1.165) is 0 Å². The van der Waals surface area contributed by atoms with Crippen molar-refractivity contribution in [2.45, 2.75) is 24.7 Å². The normalized spacial score (nSPS) is 23.9. The molecule has 0 aromatic rings. The van der Waals surface area contributed by atoms with Gasteiger partial charge in [0.25, 0.3) is 0 Å². The molecule has 106 valence electrons. The Labute approximate surface area is 107 Å². The smallest absolute Gasteiger partial charge is 0.458 e. The summed E-state index contributed by atoms with van der Waals surface area (Å²) >= 11 is 1.32. The molecule has 1 unspecified atom stereocenters. The highest BCUT2D eigenvalue weighted by molar-refractivity contribution is 7.98. The van der Waals surface area contributed by atoms with E-state index in [-0.39, 0.29) is 13.0 Å². The summed E-state index contributed by atoms with van der Waals surface area (Å²) in [6.07, 6.45) is -2.76. The van der Waals surface area contributed by atoms with Crippen LogP contribution in [0.3, 0.4) is 0 Å². The Bertz CT molecular complexity index is 295. The number of rotatable bonds is 6. The standard InChI is InChI=1S/C10H16F3NO3S/c1-18-5-3-9(8(15)16,14-10(11,12)13)7-2-4-17-6-7/h7,14H,2-6H2,1H3,(H,15,16)/t7?,9-/m1/s1. The predicted molar refractivity (Wildman–Crippen MR) is 61.5 cm³/mol. The third-order valence-electron chi connectivity index (χ3n) is 3.07. The fourth-order valence-corrected chi connectivity index (χ4v) is 2.67. The van der Waals surface area contributed by atoms with Gasteiger partial charge in [0.15, 0.2) is 0 Å². The van der Waals surface area contributed by atoms with Crippen LogP contribution >= 0.6 is 11.8 Å². The Morgan fingerprint density at radius 3 is 2.61 bits per heavy atom. The lowest BCUT2D eigenvalue weighted by atomic mass is 9.81. The van der Waals surface area contributed by atoms with Crippen LogP contribution in [0.2, 0.25) is 0 Å². The monoisotopic (exact) mass is 287 g/mol. The van der Waals surface area contributed by atoms with E-state index in [4.69, 9.17) is 4.74 Å². The van der Waals surface area contributed by atoms with E-state index >= 15 is 0 Å². The summed E-state index contributed by atoms with van der Waals surface area (Å²) in [6.45, 7) is 0.349. The van der Waals surface area contributed by atoms with Crippen LogP contribution in [0.25, 0.3) is 0 Å². The minimum absolute atomic E-state index is 0.0454. The summed E-state index contributed by atoms with van der Waals surface area (Å²) in [5.74, 6) is -1.79. The van der Waals surface area contributed by atoms with Crippen molar-refractivity contribution in [1.82, 2.24) is 5.32 Å². The van der Waals surface area contributed by atoms with Gasteiger partial charge in [-0.1, -0.05) is 0 Å². The molecule has 18 heavy (non-hydrogen) atoms. The second kappa shape index (κ2) is 6.12. The summed E-state index contributed by atoms with van der Waals surface area (Å²) in [7, 11) is 0. The summed E-state index contributed by atoms with van der Waals surface area (Å²) in [5.41, 5.74) is -1.99. The number of hydrogen-bond donors (Lipinski definition) is 2. The van der Waals surface area contributed by atoms with Gasteiger partial charge in [0, 0.05) is 12.5 Å². The molecule has 0 bridgehead atoms. The molecule has 0 spiro atoms. The number of thioether (sulfide) groups is 1. The van der Waals surface area contributed by atoms with Gasteiger partial charge in [-0.15, -0.1) is 0 Å². The largest absolute Gasteiger partial charge is 0.480 e. The molecule has 4 nitrogen and oxygen atoms in total. The molecule has 1 fully saturated rings. The van der Waals surface area contributed by atoms with Crippen molar-refractivity contribution < 1.29 is 27.8 Å². The first-order chi connectivity index (χ1) is 8.32. The maximum Gasteiger partial charge on any atom is 0.458 e. The molecule has 0 aliphatic carbocycles. The second-order valence-electron chi connectivity index (χ2n) is 4.20. The van der Waals surface area contributed by atoms with Gasteiger partial charge < -0.3 is 9.84 Å². The number of hydrogen-bond acceptors (Lipinski definition) is 4. The molecule has 0 saturated carbocycles. The zero-order chi connectivity index (χ0) is 13.8. The molecule has 1 aliphatic heterocycles. The quantitative estimate of drug-likeness (QED) is 0.728. The summed E-state index contributed by atoms with van der Waals surface area (Å²) in [5, 5.41) is 10.6. The van der Waals surface area contributed by atoms with Crippen LogP contribution in [0, 0.1) is 5.92 Å². The lowest BCUT2D eigenvalue weighted by Crippen LogP contribution is -2.62. The zero-order valence-electron chi connectivity index (χ0n) is 9.92. The third-order valence-corrected chi connectivity index (χ3v) is 3.69. The highest BCUT2D eigenvalue weighted by Gasteiger charge is 2.52.